The fourth-order valence-corrected chi connectivity index (χ4v) is 4.05. The average molecular weight is 473 g/mol. The van der Waals surface area contributed by atoms with Crippen molar-refractivity contribution in [2.45, 2.75) is 52.0 Å². The smallest absolute Gasteiger partial charge is 0.319 e. The summed E-state index contributed by atoms with van der Waals surface area (Å²) in [5.41, 5.74) is 1.89. The van der Waals surface area contributed by atoms with Crippen molar-refractivity contribution in [2.75, 3.05) is 18.4 Å². The third kappa shape index (κ3) is 7.87. The maximum Gasteiger partial charge on any atom is 0.319 e. The predicted octanol–water partition coefficient (Wildman–Crippen LogP) is 4.05. The Hall–Kier alpha value is -2.03. The number of rotatable bonds is 9. The van der Waals surface area contributed by atoms with Gasteiger partial charge in [0.2, 0.25) is 5.91 Å². The van der Waals surface area contributed by atoms with Crippen LogP contribution >= 0.6 is 23.2 Å². The Kier molecular flexibility index (Phi) is 9.87. The second kappa shape index (κ2) is 12.1. The van der Waals surface area contributed by atoms with Crippen LogP contribution in [-0.4, -0.2) is 47.1 Å². The van der Waals surface area contributed by atoms with Gasteiger partial charge in [-0.3, -0.25) is 14.8 Å². The van der Waals surface area contributed by atoms with Crippen LogP contribution in [0.3, 0.4) is 0 Å². The minimum Gasteiger partial charge on any atom is -0.332 e. The lowest BCUT2D eigenvalue weighted by Crippen LogP contribution is -2.54. The number of hydrogen-bond donors (Lipinski definition) is 4. The molecule has 10 heteroatoms. The minimum absolute atomic E-state index is 0.237. The van der Waals surface area contributed by atoms with E-state index in [1.807, 2.05) is 0 Å². The Balaban J connectivity index is 2.08. The Morgan fingerprint density at radius 3 is 2.48 bits per heavy atom. The predicted molar refractivity (Wildman–Crippen MR) is 120 cm³/mol. The first-order chi connectivity index (χ1) is 14.7. The van der Waals surface area contributed by atoms with Crippen LogP contribution < -0.4 is 16.1 Å². The van der Waals surface area contributed by atoms with Crippen molar-refractivity contribution >= 4 is 46.7 Å². The molecule has 1 aromatic carbocycles. The lowest BCUT2D eigenvalue weighted by atomic mass is 10.0. The molecule has 0 saturated heterocycles. The van der Waals surface area contributed by atoms with E-state index in [-0.39, 0.29) is 18.4 Å². The summed E-state index contributed by atoms with van der Waals surface area (Å²) in [5.74, 6) is -0.785. The Morgan fingerprint density at radius 1 is 1.19 bits per heavy atom. The van der Waals surface area contributed by atoms with Crippen LogP contribution in [0.5, 0.6) is 0 Å². The molecular weight excluding hydrogens is 443 g/mol. The first kappa shape index (κ1) is 25.2. The van der Waals surface area contributed by atoms with Gasteiger partial charge in [-0.15, -0.1) is 0 Å². The van der Waals surface area contributed by atoms with E-state index in [2.05, 4.69) is 10.6 Å². The number of carbonyl (C=O) groups is 3. The highest BCUT2D eigenvalue weighted by molar-refractivity contribution is 6.35. The molecule has 1 aliphatic carbocycles. The van der Waals surface area contributed by atoms with Crippen molar-refractivity contribution in [2.24, 2.45) is 11.8 Å². The van der Waals surface area contributed by atoms with Crippen LogP contribution in [-0.2, 0) is 9.59 Å². The highest BCUT2D eigenvalue weighted by Crippen LogP contribution is 2.28. The molecule has 172 valence electrons. The third-order valence-corrected chi connectivity index (χ3v) is 6.01. The molecule has 1 atom stereocenters. The van der Waals surface area contributed by atoms with Gasteiger partial charge in [-0.05, 0) is 36.5 Å². The molecule has 8 nitrogen and oxygen atoms in total. The summed E-state index contributed by atoms with van der Waals surface area (Å²) >= 11 is 12.0. The molecule has 1 saturated carbocycles. The second-order valence-corrected chi connectivity index (χ2v) is 9.02. The zero-order valence-corrected chi connectivity index (χ0v) is 19.3. The highest BCUT2D eigenvalue weighted by Gasteiger charge is 2.30. The number of nitrogens with zero attached hydrogens (tertiary/aromatic N) is 1. The summed E-state index contributed by atoms with van der Waals surface area (Å²) in [6.07, 6.45) is 5.36. The number of benzene rings is 1. The molecule has 2 rings (SSSR count). The zero-order valence-electron chi connectivity index (χ0n) is 17.8. The Labute approximate surface area is 192 Å². The third-order valence-electron chi connectivity index (χ3n) is 5.45. The first-order valence-corrected chi connectivity index (χ1v) is 11.2. The van der Waals surface area contributed by atoms with Crippen LogP contribution in [0.2, 0.25) is 10.0 Å². The fourth-order valence-electron chi connectivity index (χ4n) is 3.72. The van der Waals surface area contributed by atoms with Gasteiger partial charge in [-0.1, -0.05) is 62.7 Å². The number of carbonyl (C=O) groups excluding carboxylic acids is 3. The molecule has 4 N–H and O–H groups in total. The summed E-state index contributed by atoms with van der Waals surface area (Å²) in [6.45, 7) is 3.70. The maximum absolute atomic E-state index is 13.2. The molecule has 0 aliphatic heterocycles. The summed E-state index contributed by atoms with van der Waals surface area (Å²) in [4.78, 5) is 38.9. The van der Waals surface area contributed by atoms with E-state index in [9.17, 15) is 14.4 Å². The quantitative estimate of drug-likeness (QED) is 0.320. The number of anilines is 1. The van der Waals surface area contributed by atoms with Crippen LogP contribution in [0, 0.1) is 11.8 Å². The van der Waals surface area contributed by atoms with Gasteiger partial charge >= 0.3 is 6.03 Å². The largest absolute Gasteiger partial charge is 0.332 e. The monoisotopic (exact) mass is 472 g/mol. The summed E-state index contributed by atoms with van der Waals surface area (Å²) in [5, 5.41) is 14.9. The van der Waals surface area contributed by atoms with Crippen molar-refractivity contribution in [3.63, 3.8) is 0 Å². The van der Waals surface area contributed by atoms with Crippen molar-refractivity contribution in [3.8, 4) is 0 Å². The molecule has 4 amide bonds. The summed E-state index contributed by atoms with van der Waals surface area (Å²) < 4.78 is 0. The van der Waals surface area contributed by atoms with Gasteiger partial charge in [0.15, 0.2) is 0 Å². The molecule has 0 heterocycles. The zero-order chi connectivity index (χ0) is 23.0. The molecule has 1 aromatic rings. The van der Waals surface area contributed by atoms with Crippen LogP contribution in [0.25, 0.3) is 0 Å². The number of halogens is 2. The van der Waals surface area contributed by atoms with Crippen LogP contribution in [0.15, 0.2) is 18.2 Å². The lowest BCUT2D eigenvalue weighted by molar-refractivity contribution is -0.141. The van der Waals surface area contributed by atoms with Gasteiger partial charge in [0.05, 0.1) is 10.7 Å². The van der Waals surface area contributed by atoms with E-state index in [1.165, 1.54) is 23.8 Å². The molecule has 0 unspecified atom stereocenters. The number of hydrogen-bond acceptors (Lipinski definition) is 4. The average Bonchev–Trinajstić information content (AvgIpc) is 3.24. The second-order valence-electron chi connectivity index (χ2n) is 8.18. The van der Waals surface area contributed by atoms with Gasteiger partial charge in [0.1, 0.15) is 12.6 Å². The highest BCUT2D eigenvalue weighted by atomic mass is 35.5. The van der Waals surface area contributed by atoms with Gasteiger partial charge < -0.3 is 15.5 Å². The van der Waals surface area contributed by atoms with Gasteiger partial charge in [-0.2, -0.15) is 0 Å². The number of hydroxylamine groups is 1. The van der Waals surface area contributed by atoms with Crippen molar-refractivity contribution in [1.82, 2.24) is 15.7 Å². The van der Waals surface area contributed by atoms with E-state index in [4.69, 9.17) is 28.4 Å². The minimum atomic E-state index is -0.868. The molecule has 1 fully saturated rings. The van der Waals surface area contributed by atoms with E-state index in [1.54, 1.807) is 31.5 Å². The number of nitrogens with one attached hydrogen (secondary N) is 3. The Morgan fingerprint density at radius 2 is 1.87 bits per heavy atom. The molecule has 0 spiro atoms. The lowest BCUT2D eigenvalue weighted by Gasteiger charge is -2.30. The van der Waals surface area contributed by atoms with Crippen molar-refractivity contribution < 1.29 is 19.6 Å². The SMILES string of the molecule is CC(C)[C@H](NC(=O)Nc1cc(Cl)ccc1Cl)C(=O)N(CCC1CCCC1)CC(=O)NO. The van der Waals surface area contributed by atoms with E-state index in [0.29, 0.717) is 28.2 Å². The van der Waals surface area contributed by atoms with E-state index in [0.717, 1.165) is 19.3 Å². The van der Waals surface area contributed by atoms with Crippen molar-refractivity contribution in [3.05, 3.63) is 28.2 Å². The molecule has 1 aliphatic rings. The van der Waals surface area contributed by atoms with Gasteiger partial charge in [-0.25, -0.2) is 10.3 Å². The first-order valence-electron chi connectivity index (χ1n) is 10.5. The standard InChI is InChI=1S/C21H30Cl2N4O4/c1-13(2)19(25-21(30)24-17-11-15(22)7-8-16(17)23)20(29)27(12-18(28)26-31)10-9-14-5-3-4-6-14/h7-8,11,13-14,19,31H,3-6,9-10,12H2,1-2H3,(H,26,28)(H2,24,25,30)/t19-/m0/s1. The molecule has 0 bridgehead atoms. The maximum atomic E-state index is 13.2. The van der Waals surface area contributed by atoms with Crippen LogP contribution in [0.1, 0.15) is 46.0 Å². The molecule has 0 radical (unpaired) electrons. The number of amides is 4. The Bertz CT molecular complexity index is 785. The van der Waals surface area contributed by atoms with E-state index < -0.39 is 18.0 Å². The van der Waals surface area contributed by atoms with E-state index >= 15 is 0 Å². The molecular formula is C21H30Cl2N4O4. The normalized spacial score (nSPS) is 14.9. The molecule has 0 aromatic heterocycles. The topological polar surface area (TPSA) is 111 Å². The number of urea groups is 1. The molecule has 31 heavy (non-hydrogen) atoms. The van der Waals surface area contributed by atoms with Gasteiger partial charge in [0, 0.05) is 11.6 Å². The van der Waals surface area contributed by atoms with Crippen molar-refractivity contribution in [1.29, 1.82) is 0 Å². The summed E-state index contributed by atoms with van der Waals surface area (Å²) in [7, 11) is 0. The summed E-state index contributed by atoms with van der Waals surface area (Å²) in [6, 6.07) is 3.19. The fraction of sp³-hybridized carbons (Fsp3) is 0.571. The van der Waals surface area contributed by atoms with Crippen LogP contribution in [0.4, 0.5) is 10.5 Å². The van der Waals surface area contributed by atoms with Gasteiger partial charge in [0.25, 0.3) is 5.91 Å².